The number of rotatable bonds is 5. The number of aromatic nitrogens is 4. The summed E-state index contributed by atoms with van der Waals surface area (Å²) in [6, 6.07) is 1.78. The fraction of sp³-hybridized carbons (Fsp3) is 0.455. The van der Waals surface area contributed by atoms with E-state index in [-0.39, 0.29) is 6.54 Å². The second-order valence-electron chi connectivity index (χ2n) is 4.03. The Balaban J connectivity index is 2.30. The van der Waals surface area contributed by atoms with Crippen molar-refractivity contribution in [1.82, 2.24) is 20.2 Å². The van der Waals surface area contributed by atoms with Crippen molar-refractivity contribution in [1.29, 1.82) is 0 Å². The minimum Gasteiger partial charge on any atom is -0.481 e. The van der Waals surface area contributed by atoms with E-state index < -0.39 is 11.9 Å². The number of carboxylic acid groups (broad SMARTS) is 1. The molecule has 0 saturated heterocycles. The van der Waals surface area contributed by atoms with Gasteiger partial charge in [0, 0.05) is 6.42 Å². The van der Waals surface area contributed by atoms with Crippen molar-refractivity contribution in [3.63, 3.8) is 0 Å². The van der Waals surface area contributed by atoms with E-state index in [0.29, 0.717) is 5.82 Å². The molecular weight excluding hydrogens is 236 g/mol. The Morgan fingerprint density at radius 3 is 3.06 bits per heavy atom. The van der Waals surface area contributed by atoms with Crippen molar-refractivity contribution < 1.29 is 14.3 Å². The molecule has 1 N–H and O–H groups in total. The number of aliphatic carboxylic acids is 1. The van der Waals surface area contributed by atoms with Gasteiger partial charge in [-0.15, -0.1) is 5.10 Å². The second kappa shape index (κ2) is 4.99. The van der Waals surface area contributed by atoms with Gasteiger partial charge in [0.05, 0.1) is 24.3 Å². The van der Waals surface area contributed by atoms with E-state index in [1.54, 1.807) is 19.3 Å². The van der Waals surface area contributed by atoms with Gasteiger partial charge in [-0.2, -0.15) is 0 Å². The molecule has 0 aromatic carbocycles. The summed E-state index contributed by atoms with van der Waals surface area (Å²) in [5, 5.41) is 20.2. The van der Waals surface area contributed by atoms with Gasteiger partial charge in [0.2, 0.25) is 0 Å². The molecule has 0 aliphatic rings. The molecule has 2 aromatic heterocycles. The van der Waals surface area contributed by atoms with Gasteiger partial charge in [-0.25, -0.2) is 4.68 Å². The largest absolute Gasteiger partial charge is 0.481 e. The first-order valence-electron chi connectivity index (χ1n) is 5.69. The first kappa shape index (κ1) is 12.3. The van der Waals surface area contributed by atoms with Gasteiger partial charge in [0.1, 0.15) is 5.76 Å². The van der Waals surface area contributed by atoms with Crippen LogP contribution in [0.25, 0.3) is 11.4 Å². The van der Waals surface area contributed by atoms with Crippen molar-refractivity contribution >= 4 is 5.97 Å². The van der Waals surface area contributed by atoms with Crippen LogP contribution in [-0.4, -0.2) is 31.3 Å². The Morgan fingerprint density at radius 2 is 2.39 bits per heavy atom. The van der Waals surface area contributed by atoms with Crippen molar-refractivity contribution in [2.75, 3.05) is 0 Å². The normalized spacial score (nSPS) is 12.6. The smallest absolute Gasteiger partial charge is 0.308 e. The van der Waals surface area contributed by atoms with E-state index >= 15 is 0 Å². The van der Waals surface area contributed by atoms with E-state index in [1.807, 2.05) is 6.92 Å². The molecule has 96 valence electrons. The fourth-order valence-electron chi connectivity index (χ4n) is 1.67. The number of tetrazole rings is 1. The Morgan fingerprint density at radius 1 is 1.61 bits per heavy atom. The highest BCUT2D eigenvalue weighted by molar-refractivity contribution is 5.69. The van der Waals surface area contributed by atoms with E-state index in [1.165, 1.54) is 4.68 Å². The van der Waals surface area contributed by atoms with Crippen LogP contribution in [0.1, 0.15) is 19.6 Å². The van der Waals surface area contributed by atoms with Gasteiger partial charge >= 0.3 is 5.97 Å². The molecule has 0 fully saturated rings. The average Bonchev–Trinajstić information content (AvgIpc) is 2.95. The summed E-state index contributed by atoms with van der Waals surface area (Å²) in [5.41, 5.74) is 0.806. The van der Waals surface area contributed by atoms with E-state index in [9.17, 15) is 4.79 Å². The molecule has 1 unspecified atom stereocenters. The highest BCUT2D eigenvalue weighted by Gasteiger charge is 2.19. The van der Waals surface area contributed by atoms with Gasteiger partial charge in [-0.05, 0) is 16.5 Å². The number of aryl methyl sites for hydroxylation is 1. The Hall–Kier alpha value is -2.18. The van der Waals surface area contributed by atoms with Gasteiger partial charge in [-0.3, -0.25) is 4.79 Å². The highest BCUT2D eigenvalue weighted by Crippen LogP contribution is 2.23. The monoisotopic (exact) mass is 250 g/mol. The lowest BCUT2D eigenvalue weighted by atomic mass is 10.1. The van der Waals surface area contributed by atoms with Crippen molar-refractivity contribution in [3.8, 4) is 11.4 Å². The van der Waals surface area contributed by atoms with Crippen LogP contribution in [0.3, 0.4) is 0 Å². The third-order valence-electron chi connectivity index (χ3n) is 2.71. The molecular formula is C11H14N4O3. The average molecular weight is 250 g/mol. The summed E-state index contributed by atoms with van der Waals surface area (Å²) in [6.45, 7) is 3.81. The number of hydrogen-bond acceptors (Lipinski definition) is 5. The van der Waals surface area contributed by atoms with Crippen LogP contribution >= 0.6 is 0 Å². The van der Waals surface area contributed by atoms with E-state index in [4.69, 9.17) is 9.52 Å². The topological polar surface area (TPSA) is 94.0 Å². The summed E-state index contributed by atoms with van der Waals surface area (Å²) in [4.78, 5) is 10.8. The van der Waals surface area contributed by atoms with E-state index in [0.717, 1.165) is 17.7 Å². The fourth-order valence-corrected chi connectivity index (χ4v) is 1.67. The van der Waals surface area contributed by atoms with Crippen LogP contribution in [0.2, 0.25) is 0 Å². The zero-order valence-electron chi connectivity index (χ0n) is 10.2. The Kier molecular flexibility index (Phi) is 3.40. The molecule has 0 amide bonds. The minimum atomic E-state index is -0.876. The number of furan rings is 1. The van der Waals surface area contributed by atoms with Gasteiger partial charge < -0.3 is 9.52 Å². The van der Waals surface area contributed by atoms with Gasteiger partial charge in [-0.1, -0.05) is 13.8 Å². The maximum absolute atomic E-state index is 10.8. The molecule has 0 bridgehead atoms. The first-order valence-corrected chi connectivity index (χ1v) is 5.69. The molecule has 7 nitrogen and oxygen atoms in total. The molecule has 0 spiro atoms. The lowest BCUT2D eigenvalue weighted by molar-refractivity contribution is -0.141. The second-order valence-corrected chi connectivity index (χ2v) is 4.03. The number of hydrogen-bond donors (Lipinski definition) is 1. The van der Waals surface area contributed by atoms with E-state index in [2.05, 4.69) is 15.5 Å². The molecule has 0 saturated carbocycles. The Labute approximate surface area is 103 Å². The summed E-state index contributed by atoms with van der Waals surface area (Å²) in [7, 11) is 0. The summed E-state index contributed by atoms with van der Waals surface area (Å²) in [5.74, 6) is -0.105. The van der Waals surface area contributed by atoms with Crippen LogP contribution in [-0.2, 0) is 17.8 Å². The van der Waals surface area contributed by atoms with Gasteiger partial charge in [0.15, 0.2) is 5.82 Å². The number of nitrogens with zero attached hydrogens (tertiary/aromatic N) is 4. The SMILES string of the molecule is CCc1occc1-c1nnnn1CC(C)C(=O)O. The summed E-state index contributed by atoms with van der Waals surface area (Å²) < 4.78 is 6.81. The number of carbonyl (C=O) groups is 1. The highest BCUT2D eigenvalue weighted by atomic mass is 16.4. The predicted molar refractivity (Wildman–Crippen MR) is 61.7 cm³/mol. The van der Waals surface area contributed by atoms with Crippen LogP contribution in [0, 0.1) is 5.92 Å². The standard InChI is InChI=1S/C11H14N4O3/c1-3-9-8(4-5-18-9)10-12-13-14-15(10)6-7(2)11(16)17/h4-5,7H,3,6H2,1-2H3,(H,16,17). The van der Waals surface area contributed by atoms with Crippen molar-refractivity contribution in [2.45, 2.75) is 26.8 Å². The molecule has 0 aliphatic heterocycles. The molecule has 1 atom stereocenters. The first-order chi connectivity index (χ1) is 8.63. The third-order valence-corrected chi connectivity index (χ3v) is 2.71. The van der Waals surface area contributed by atoms with Crippen molar-refractivity contribution in [2.24, 2.45) is 5.92 Å². The quantitative estimate of drug-likeness (QED) is 0.857. The predicted octanol–water partition coefficient (Wildman–Crippen LogP) is 1.22. The minimum absolute atomic E-state index is 0.228. The zero-order valence-corrected chi connectivity index (χ0v) is 10.2. The molecule has 2 rings (SSSR count). The van der Waals surface area contributed by atoms with Crippen LogP contribution in [0.5, 0.6) is 0 Å². The molecule has 7 heteroatoms. The maximum atomic E-state index is 10.8. The number of carboxylic acids is 1. The Bertz CT molecular complexity index is 546. The molecule has 0 radical (unpaired) electrons. The zero-order chi connectivity index (χ0) is 13.1. The van der Waals surface area contributed by atoms with Crippen LogP contribution < -0.4 is 0 Å². The lowest BCUT2D eigenvalue weighted by Crippen LogP contribution is -2.18. The molecule has 2 aromatic rings. The lowest BCUT2D eigenvalue weighted by Gasteiger charge is -2.07. The van der Waals surface area contributed by atoms with Crippen LogP contribution in [0.15, 0.2) is 16.7 Å². The van der Waals surface area contributed by atoms with Gasteiger partial charge in [0.25, 0.3) is 0 Å². The third kappa shape index (κ3) is 2.24. The molecule has 2 heterocycles. The molecule has 18 heavy (non-hydrogen) atoms. The summed E-state index contributed by atoms with van der Waals surface area (Å²) >= 11 is 0. The van der Waals surface area contributed by atoms with Crippen molar-refractivity contribution in [3.05, 3.63) is 18.1 Å². The maximum Gasteiger partial charge on any atom is 0.308 e. The molecule has 0 aliphatic carbocycles. The van der Waals surface area contributed by atoms with Crippen LogP contribution in [0.4, 0.5) is 0 Å². The summed E-state index contributed by atoms with van der Waals surface area (Å²) in [6.07, 6.45) is 2.30.